The minimum Gasteiger partial charge on any atom is -0.390 e. The fraction of sp³-hybridized carbons (Fsp3) is 0.167. The Kier molecular flexibility index (Phi) is 2.61. The van der Waals surface area contributed by atoms with Crippen LogP contribution in [0, 0.1) is 12.7 Å². The third-order valence-corrected chi connectivity index (χ3v) is 3.70. The molecule has 92 valence electrons. The number of nitrogens with zero attached hydrogens (tertiary/aromatic N) is 3. The van der Waals surface area contributed by atoms with Crippen molar-refractivity contribution < 1.29 is 9.50 Å². The normalized spacial score (nSPS) is 11.3. The zero-order valence-electron chi connectivity index (χ0n) is 9.59. The van der Waals surface area contributed by atoms with E-state index >= 15 is 0 Å². The van der Waals surface area contributed by atoms with E-state index in [2.05, 4.69) is 10.1 Å². The third kappa shape index (κ3) is 1.70. The van der Waals surface area contributed by atoms with E-state index in [0.717, 1.165) is 21.2 Å². The van der Waals surface area contributed by atoms with Crippen LogP contribution >= 0.6 is 11.3 Å². The Morgan fingerprint density at radius 3 is 2.72 bits per heavy atom. The number of aliphatic hydroxyl groups is 1. The van der Waals surface area contributed by atoms with E-state index < -0.39 is 0 Å². The molecule has 0 radical (unpaired) electrons. The van der Waals surface area contributed by atoms with Crippen molar-refractivity contribution in [3.05, 3.63) is 41.5 Å². The van der Waals surface area contributed by atoms with Crippen LogP contribution in [0.5, 0.6) is 0 Å². The second kappa shape index (κ2) is 4.15. The van der Waals surface area contributed by atoms with Crippen molar-refractivity contribution in [3.8, 4) is 10.6 Å². The number of imidazole rings is 1. The molecule has 1 N–H and O–H groups in total. The summed E-state index contributed by atoms with van der Waals surface area (Å²) >= 11 is 1.41. The Morgan fingerprint density at radius 1 is 1.33 bits per heavy atom. The number of fused-ring (bicyclic) bond motifs is 1. The van der Waals surface area contributed by atoms with Crippen LogP contribution in [0.4, 0.5) is 4.39 Å². The molecule has 0 aliphatic carbocycles. The van der Waals surface area contributed by atoms with E-state index in [4.69, 9.17) is 0 Å². The molecule has 0 amide bonds. The monoisotopic (exact) mass is 263 g/mol. The van der Waals surface area contributed by atoms with Crippen molar-refractivity contribution in [1.29, 1.82) is 0 Å². The molecule has 6 heteroatoms. The summed E-state index contributed by atoms with van der Waals surface area (Å²) in [5.74, 6) is -0.271. The molecule has 3 aromatic rings. The molecule has 3 rings (SSSR count). The maximum Gasteiger partial charge on any atom is 0.213 e. The van der Waals surface area contributed by atoms with Gasteiger partial charge in [-0.15, -0.1) is 0 Å². The van der Waals surface area contributed by atoms with Crippen molar-refractivity contribution in [3.63, 3.8) is 0 Å². The summed E-state index contributed by atoms with van der Waals surface area (Å²) in [6.45, 7) is 1.74. The summed E-state index contributed by atoms with van der Waals surface area (Å²) in [5.41, 5.74) is 2.31. The van der Waals surface area contributed by atoms with Crippen molar-refractivity contribution in [2.75, 3.05) is 0 Å². The van der Waals surface area contributed by atoms with Gasteiger partial charge in [-0.2, -0.15) is 5.10 Å². The van der Waals surface area contributed by atoms with E-state index in [1.54, 1.807) is 16.6 Å². The highest BCUT2D eigenvalue weighted by atomic mass is 32.1. The van der Waals surface area contributed by atoms with E-state index in [1.165, 1.54) is 23.5 Å². The maximum absolute atomic E-state index is 12.9. The minimum absolute atomic E-state index is 0.0976. The van der Waals surface area contributed by atoms with Crippen molar-refractivity contribution >= 4 is 16.3 Å². The van der Waals surface area contributed by atoms with Crippen LogP contribution in [0.2, 0.25) is 0 Å². The molecule has 0 atom stereocenters. The van der Waals surface area contributed by atoms with Crippen LogP contribution in [-0.4, -0.2) is 19.7 Å². The summed E-state index contributed by atoms with van der Waals surface area (Å²) in [6.07, 6.45) is 0. The third-order valence-electron chi connectivity index (χ3n) is 2.74. The number of aromatic nitrogens is 3. The van der Waals surface area contributed by atoms with Gasteiger partial charge in [0.15, 0.2) is 0 Å². The molecule has 0 unspecified atom stereocenters. The lowest BCUT2D eigenvalue weighted by Crippen LogP contribution is -1.95. The predicted molar refractivity (Wildman–Crippen MR) is 66.9 cm³/mol. The molecule has 0 saturated carbocycles. The lowest BCUT2D eigenvalue weighted by atomic mass is 10.2. The maximum atomic E-state index is 12.9. The largest absolute Gasteiger partial charge is 0.390 e. The number of aryl methyl sites for hydroxylation is 1. The standard InChI is InChI=1S/C12H10FN3OS/c1-7-10(6-17)16-12(14-7)18-11(15-16)8-2-4-9(13)5-3-8/h2-5,17H,6H2,1H3. The Hall–Kier alpha value is -1.79. The van der Waals surface area contributed by atoms with Gasteiger partial charge in [0.1, 0.15) is 10.8 Å². The summed E-state index contributed by atoms with van der Waals surface area (Å²) in [6, 6.07) is 6.16. The predicted octanol–water partition coefficient (Wildman–Crippen LogP) is 2.40. The van der Waals surface area contributed by atoms with Gasteiger partial charge in [0.25, 0.3) is 0 Å². The average molecular weight is 263 g/mol. The van der Waals surface area contributed by atoms with E-state index in [1.807, 2.05) is 6.92 Å². The Morgan fingerprint density at radius 2 is 2.06 bits per heavy atom. The average Bonchev–Trinajstić information content (AvgIpc) is 2.86. The minimum atomic E-state index is -0.271. The number of hydrogen-bond donors (Lipinski definition) is 1. The van der Waals surface area contributed by atoms with Gasteiger partial charge in [-0.1, -0.05) is 11.3 Å². The van der Waals surface area contributed by atoms with E-state index in [9.17, 15) is 9.50 Å². The molecule has 0 aliphatic heterocycles. The fourth-order valence-corrected chi connectivity index (χ4v) is 2.75. The van der Waals surface area contributed by atoms with Gasteiger partial charge in [0.05, 0.1) is 18.0 Å². The summed E-state index contributed by atoms with van der Waals surface area (Å²) < 4.78 is 14.5. The van der Waals surface area contributed by atoms with Gasteiger partial charge >= 0.3 is 0 Å². The molecule has 2 heterocycles. The lowest BCUT2D eigenvalue weighted by molar-refractivity contribution is 0.273. The molecular formula is C12H10FN3OS. The first kappa shape index (κ1) is 11.3. The van der Waals surface area contributed by atoms with Crippen molar-refractivity contribution in [2.45, 2.75) is 13.5 Å². The van der Waals surface area contributed by atoms with Crippen LogP contribution in [0.3, 0.4) is 0 Å². The van der Waals surface area contributed by atoms with E-state index in [0.29, 0.717) is 5.69 Å². The van der Waals surface area contributed by atoms with Crippen LogP contribution in [0.1, 0.15) is 11.4 Å². The van der Waals surface area contributed by atoms with Crippen LogP contribution in [0.15, 0.2) is 24.3 Å². The number of rotatable bonds is 2. The highest BCUT2D eigenvalue weighted by Crippen LogP contribution is 2.27. The van der Waals surface area contributed by atoms with Gasteiger partial charge in [0.2, 0.25) is 4.96 Å². The molecule has 0 saturated heterocycles. The first-order chi connectivity index (χ1) is 8.69. The summed E-state index contributed by atoms with van der Waals surface area (Å²) in [5, 5.41) is 14.4. The Labute approximate surface area is 106 Å². The van der Waals surface area contributed by atoms with Crippen LogP contribution in [-0.2, 0) is 6.61 Å². The van der Waals surface area contributed by atoms with Crippen LogP contribution in [0.25, 0.3) is 15.5 Å². The smallest absolute Gasteiger partial charge is 0.213 e. The zero-order chi connectivity index (χ0) is 12.7. The molecule has 2 aromatic heterocycles. The Balaban J connectivity index is 2.14. The van der Waals surface area contributed by atoms with E-state index in [-0.39, 0.29) is 12.4 Å². The topological polar surface area (TPSA) is 50.4 Å². The summed E-state index contributed by atoms with van der Waals surface area (Å²) in [4.78, 5) is 5.06. The molecule has 0 aliphatic rings. The SMILES string of the molecule is Cc1nc2sc(-c3ccc(F)cc3)nn2c1CO. The first-order valence-corrected chi connectivity index (χ1v) is 6.22. The first-order valence-electron chi connectivity index (χ1n) is 5.41. The Bertz CT molecular complexity index is 702. The molecule has 0 spiro atoms. The number of benzene rings is 1. The van der Waals surface area contributed by atoms with Gasteiger partial charge in [0, 0.05) is 5.56 Å². The molecular weight excluding hydrogens is 253 g/mol. The number of hydrogen-bond acceptors (Lipinski definition) is 4. The number of aliphatic hydroxyl groups excluding tert-OH is 1. The van der Waals surface area contributed by atoms with Gasteiger partial charge in [-0.05, 0) is 31.2 Å². The molecule has 0 bridgehead atoms. The molecule has 18 heavy (non-hydrogen) atoms. The lowest BCUT2D eigenvalue weighted by Gasteiger charge is -1.95. The fourth-order valence-electron chi connectivity index (χ4n) is 1.78. The zero-order valence-corrected chi connectivity index (χ0v) is 10.4. The highest BCUT2D eigenvalue weighted by molar-refractivity contribution is 7.19. The quantitative estimate of drug-likeness (QED) is 0.772. The van der Waals surface area contributed by atoms with Crippen molar-refractivity contribution in [1.82, 2.24) is 14.6 Å². The van der Waals surface area contributed by atoms with Gasteiger partial charge < -0.3 is 5.11 Å². The number of halogens is 1. The molecule has 0 fully saturated rings. The van der Waals surface area contributed by atoms with Crippen LogP contribution < -0.4 is 0 Å². The van der Waals surface area contributed by atoms with Gasteiger partial charge in [-0.3, -0.25) is 0 Å². The van der Waals surface area contributed by atoms with Crippen molar-refractivity contribution in [2.24, 2.45) is 0 Å². The molecule has 1 aromatic carbocycles. The van der Waals surface area contributed by atoms with Gasteiger partial charge in [-0.25, -0.2) is 13.9 Å². The molecule has 4 nitrogen and oxygen atoms in total. The second-order valence-electron chi connectivity index (χ2n) is 3.91. The highest BCUT2D eigenvalue weighted by Gasteiger charge is 2.13. The second-order valence-corrected chi connectivity index (χ2v) is 4.87. The summed E-state index contributed by atoms with van der Waals surface area (Å²) in [7, 11) is 0.